The number of carbonyl (C=O) groups is 2. The first-order valence-corrected chi connectivity index (χ1v) is 8.43. The highest BCUT2D eigenvalue weighted by Crippen LogP contribution is 2.29. The van der Waals surface area contributed by atoms with Crippen LogP contribution in [0.25, 0.3) is 0 Å². The van der Waals surface area contributed by atoms with Gasteiger partial charge < -0.3 is 20.5 Å². The van der Waals surface area contributed by atoms with E-state index < -0.39 is 23.5 Å². The monoisotopic (exact) mass is 383 g/mol. The lowest BCUT2D eigenvalue weighted by Gasteiger charge is -2.10. The highest BCUT2D eigenvalue weighted by molar-refractivity contribution is 7.10. The van der Waals surface area contributed by atoms with Gasteiger partial charge in [0.05, 0.1) is 12.7 Å². The molecule has 1 aromatic heterocycles. The van der Waals surface area contributed by atoms with E-state index in [9.17, 15) is 18.4 Å². The number of methoxy groups -OCH3 is 1. The fourth-order valence-corrected chi connectivity index (χ4v) is 2.78. The van der Waals surface area contributed by atoms with Crippen LogP contribution in [0.5, 0.6) is 5.88 Å². The number of esters is 1. The number of benzene rings is 1. The standard InChI is InChI=1S/C16H15F2N3O4S/c1-24-16(23)12-13(19)26-21-15(12)25-6-7-4-9(11(18)5-10(7)17)14(22)20-8-2-3-8/h4-5,8H,2-3,6,19H2,1H3,(H,20,22). The molecule has 0 radical (unpaired) electrons. The second-order valence-corrected chi connectivity index (χ2v) is 6.48. The second kappa shape index (κ2) is 7.24. The van der Waals surface area contributed by atoms with E-state index in [0.29, 0.717) is 6.07 Å². The van der Waals surface area contributed by atoms with Crippen LogP contribution in [-0.4, -0.2) is 29.4 Å². The molecule has 0 unspecified atom stereocenters. The summed E-state index contributed by atoms with van der Waals surface area (Å²) in [7, 11) is 1.17. The number of hydrogen-bond donors (Lipinski definition) is 2. The Morgan fingerprint density at radius 1 is 1.35 bits per heavy atom. The first-order valence-electron chi connectivity index (χ1n) is 7.65. The molecule has 26 heavy (non-hydrogen) atoms. The summed E-state index contributed by atoms with van der Waals surface area (Å²) in [6.07, 6.45) is 1.68. The van der Waals surface area contributed by atoms with Gasteiger partial charge in [-0.3, -0.25) is 4.79 Å². The second-order valence-electron chi connectivity index (χ2n) is 5.68. The molecule has 2 aromatic rings. The molecule has 0 atom stereocenters. The van der Waals surface area contributed by atoms with Gasteiger partial charge in [-0.15, -0.1) is 0 Å². The van der Waals surface area contributed by atoms with Gasteiger partial charge in [0, 0.05) is 17.7 Å². The lowest BCUT2D eigenvalue weighted by molar-refractivity contribution is 0.0596. The van der Waals surface area contributed by atoms with E-state index in [1.807, 2.05) is 0 Å². The Bertz CT molecular complexity index is 867. The van der Waals surface area contributed by atoms with Gasteiger partial charge in [-0.2, -0.15) is 4.37 Å². The smallest absolute Gasteiger partial charge is 0.346 e. The average Bonchev–Trinajstić information content (AvgIpc) is 3.34. The fourth-order valence-electron chi connectivity index (χ4n) is 2.19. The van der Waals surface area contributed by atoms with Crippen molar-refractivity contribution in [3.8, 4) is 5.88 Å². The Morgan fingerprint density at radius 3 is 2.73 bits per heavy atom. The molecule has 10 heteroatoms. The summed E-state index contributed by atoms with van der Waals surface area (Å²) in [5, 5.41) is 2.73. The summed E-state index contributed by atoms with van der Waals surface area (Å²) in [5.41, 5.74) is 5.25. The summed E-state index contributed by atoms with van der Waals surface area (Å²) in [5.74, 6) is -3.31. The minimum Gasteiger partial charge on any atom is -0.471 e. The predicted molar refractivity (Wildman–Crippen MR) is 89.0 cm³/mol. The van der Waals surface area contributed by atoms with Gasteiger partial charge in [-0.25, -0.2) is 13.6 Å². The zero-order chi connectivity index (χ0) is 18.8. The lowest BCUT2D eigenvalue weighted by Crippen LogP contribution is -2.26. The van der Waals surface area contributed by atoms with Crippen molar-refractivity contribution in [1.82, 2.24) is 9.69 Å². The molecule has 1 aliphatic carbocycles. The van der Waals surface area contributed by atoms with Crippen molar-refractivity contribution in [2.24, 2.45) is 0 Å². The van der Waals surface area contributed by atoms with E-state index in [4.69, 9.17) is 10.5 Å². The van der Waals surface area contributed by atoms with Gasteiger partial charge in [-0.05, 0) is 30.4 Å². The molecule has 138 valence electrons. The number of hydrogen-bond acceptors (Lipinski definition) is 7. The van der Waals surface area contributed by atoms with E-state index >= 15 is 0 Å². The van der Waals surface area contributed by atoms with Gasteiger partial charge in [0.15, 0.2) is 5.56 Å². The highest BCUT2D eigenvalue weighted by atomic mass is 32.1. The maximum absolute atomic E-state index is 14.0. The molecule has 0 spiro atoms. The number of rotatable bonds is 6. The molecule has 1 aromatic carbocycles. The van der Waals surface area contributed by atoms with Crippen molar-refractivity contribution in [3.05, 3.63) is 40.5 Å². The zero-order valence-corrected chi connectivity index (χ0v) is 14.5. The van der Waals surface area contributed by atoms with Crippen LogP contribution < -0.4 is 15.8 Å². The van der Waals surface area contributed by atoms with Crippen LogP contribution in [0, 0.1) is 11.6 Å². The number of carbonyl (C=O) groups excluding carboxylic acids is 2. The predicted octanol–water partition coefficient (Wildman–Crippen LogP) is 2.26. The maximum Gasteiger partial charge on any atom is 0.346 e. The summed E-state index contributed by atoms with van der Waals surface area (Å²) in [4.78, 5) is 23.7. The van der Waals surface area contributed by atoms with Crippen LogP contribution in [0.1, 0.15) is 39.1 Å². The van der Waals surface area contributed by atoms with Crippen LogP contribution in [0.4, 0.5) is 13.8 Å². The maximum atomic E-state index is 14.0. The number of aromatic nitrogens is 1. The van der Waals surface area contributed by atoms with Crippen LogP contribution in [-0.2, 0) is 11.3 Å². The fraction of sp³-hybridized carbons (Fsp3) is 0.312. The molecule has 1 aliphatic rings. The topological polar surface area (TPSA) is 104 Å². The van der Waals surface area contributed by atoms with E-state index in [-0.39, 0.29) is 40.2 Å². The van der Waals surface area contributed by atoms with Crippen molar-refractivity contribution >= 4 is 28.4 Å². The van der Waals surface area contributed by atoms with Gasteiger partial charge in [-0.1, -0.05) is 0 Å². The van der Waals surface area contributed by atoms with E-state index in [0.717, 1.165) is 30.4 Å². The Hall–Kier alpha value is -2.75. The summed E-state index contributed by atoms with van der Waals surface area (Å²) in [6, 6.07) is 1.74. The molecule has 1 amide bonds. The number of nitrogens with zero attached hydrogens (tertiary/aromatic N) is 1. The quantitative estimate of drug-likeness (QED) is 0.742. The van der Waals surface area contributed by atoms with Gasteiger partial charge in [0.1, 0.15) is 23.2 Å². The highest BCUT2D eigenvalue weighted by Gasteiger charge is 2.26. The molecule has 7 nitrogen and oxygen atoms in total. The van der Waals surface area contributed by atoms with Crippen molar-refractivity contribution in [3.63, 3.8) is 0 Å². The average molecular weight is 383 g/mol. The lowest BCUT2D eigenvalue weighted by atomic mass is 10.1. The van der Waals surface area contributed by atoms with E-state index in [2.05, 4.69) is 14.4 Å². The van der Waals surface area contributed by atoms with Crippen LogP contribution >= 0.6 is 11.5 Å². The molecule has 1 heterocycles. The first-order chi connectivity index (χ1) is 12.4. The zero-order valence-electron chi connectivity index (χ0n) is 13.7. The third-order valence-electron chi connectivity index (χ3n) is 3.73. The largest absolute Gasteiger partial charge is 0.471 e. The molecule has 3 rings (SSSR count). The number of halogens is 2. The minimum atomic E-state index is -0.961. The van der Waals surface area contributed by atoms with E-state index in [1.165, 1.54) is 7.11 Å². The Balaban J connectivity index is 1.80. The molecular weight excluding hydrogens is 368 g/mol. The normalized spacial score (nSPS) is 13.3. The third kappa shape index (κ3) is 3.74. The number of amides is 1. The summed E-state index contributed by atoms with van der Waals surface area (Å²) >= 11 is 0.822. The SMILES string of the molecule is COC(=O)c1c(OCc2cc(C(=O)NC3CC3)c(F)cc2F)nsc1N. The number of nitrogen functional groups attached to an aromatic ring is 1. The Morgan fingerprint density at radius 2 is 2.08 bits per heavy atom. The Labute approximate surface area is 151 Å². The van der Waals surface area contributed by atoms with Gasteiger partial charge in [0.25, 0.3) is 5.91 Å². The van der Waals surface area contributed by atoms with Gasteiger partial charge >= 0.3 is 5.97 Å². The Kier molecular flexibility index (Phi) is 5.03. The van der Waals surface area contributed by atoms with Gasteiger partial charge in [0.2, 0.25) is 5.88 Å². The molecule has 0 aliphatic heterocycles. The van der Waals surface area contributed by atoms with E-state index in [1.54, 1.807) is 0 Å². The molecule has 1 fully saturated rings. The molecule has 0 bridgehead atoms. The number of ether oxygens (including phenoxy) is 2. The molecule has 0 saturated heterocycles. The number of nitrogens with one attached hydrogen (secondary N) is 1. The molecular formula is C16H15F2N3O4S. The molecule has 1 saturated carbocycles. The number of nitrogens with two attached hydrogens (primary N) is 1. The third-order valence-corrected chi connectivity index (χ3v) is 4.39. The van der Waals surface area contributed by atoms with Crippen LogP contribution in [0.15, 0.2) is 12.1 Å². The summed E-state index contributed by atoms with van der Waals surface area (Å²) < 4.78 is 41.7. The van der Waals surface area contributed by atoms with Crippen molar-refractivity contribution < 1.29 is 27.8 Å². The van der Waals surface area contributed by atoms with Crippen LogP contribution in [0.2, 0.25) is 0 Å². The van der Waals surface area contributed by atoms with Crippen LogP contribution in [0.3, 0.4) is 0 Å². The molecule has 3 N–H and O–H groups in total. The van der Waals surface area contributed by atoms with Crippen molar-refractivity contribution in [2.45, 2.75) is 25.5 Å². The minimum absolute atomic E-state index is 0.0345. The first kappa shape index (κ1) is 18.1. The number of anilines is 1. The van der Waals surface area contributed by atoms with Crippen molar-refractivity contribution in [2.75, 3.05) is 12.8 Å². The summed E-state index contributed by atoms with van der Waals surface area (Å²) in [6.45, 7) is -0.372. The van der Waals surface area contributed by atoms with Crippen molar-refractivity contribution in [1.29, 1.82) is 0 Å².